The van der Waals surface area contributed by atoms with Crippen molar-refractivity contribution in [3.63, 3.8) is 0 Å². The number of hydrogen-bond acceptors (Lipinski definition) is 4. The molecular weight excluding hydrogens is 282 g/mol. The van der Waals surface area contributed by atoms with Crippen molar-refractivity contribution in [2.45, 2.75) is 26.8 Å². The standard InChI is InChI=1S/C16H17N3OS/c1-3-16(20)19-15-6-4-5-14(11(15)2)18-10-13-8-7-12(9-17)21-13/h4-8,18H,3,10H2,1-2H3,(H,19,20). The van der Waals surface area contributed by atoms with Gasteiger partial charge in [-0.2, -0.15) is 5.26 Å². The summed E-state index contributed by atoms with van der Waals surface area (Å²) in [5.74, 6) is 0.00664. The number of thiophene rings is 1. The summed E-state index contributed by atoms with van der Waals surface area (Å²) in [4.78, 5) is 13.3. The fourth-order valence-electron chi connectivity index (χ4n) is 1.92. The molecule has 1 aromatic heterocycles. The molecule has 21 heavy (non-hydrogen) atoms. The van der Waals surface area contributed by atoms with E-state index in [9.17, 15) is 4.79 Å². The zero-order valence-electron chi connectivity index (χ0n) is 12.1. The van der Waals surface area contributed by atoms with Gasteiger partial charge in [-0.3, -0.25) is 4.79 Å². The van der Waals surface area contributed by atoms with Gasteiger partial charge in [0.05, 0.1) is 0 Å². The Balaban J connectivity index is 2.08. The van der Waals surface area contributed by atoms with E-state index in [1.54, 1.807) is 0 Å². The van der Waals surface area contributed by atoms with E-state index in [1.165, 1.54) is 11.3 Å². The molecule has 0 fully saturated rings. The minimum Gasteiger partial charge on any atom is -0.380 e. The second-order valence-corrected chi connectivity index (χ2v) is 5.78. The highest BCUT2D eigenvalue weighted by molar-refractivity contribution is 7.12. The Hall–Kier alpha value is -2.32. The van der Waals surface area contributed by atoms with Crippen molar-refractivity contribution in [2.75, 3.05) is 10.6 Å². The van der Waals surface area contributed by atoms with Gasteiger partial charge in [0.15, 0.2) is 0 Å². The molecule has 0 saturated heterocycles. The third-order valence-electron chi connectivity index (χ3n) is 3.15. The summed E-state index contributed by atoms with van der Waals surface area (Å²) < 4.78 is 0. The van der Waals surface area contributed by atoms with Crippen LogP contribution in [0.1, 0.15) is 28.7 Å². The lowest BCUT2D eigenvalue weighted by Gasteiger charge is -2.13. The quantitative estimate of drug-likeness (QED) is 0.880. The number of benzene rings is 1. The van der Waals surface area contributed by atoms with Crippen molar-refractivity contribution >= 4 is 28.6 Å². The predicted octanol–water partition coefficient (Wildman–Crippen LogP) is 3.89. The molecule has 0 aliphatic carbocycles. The van der Waals surface area contributed by atoms with Crippen LogP contribution in [-0.2, 0) is 11.3 Å². The van der Waals surface area contributed by atoms with Gasteiger partial charge in [0, 0.05) is 29.2 Å². The van der Waals surface area contributed by atoms with Crippen LogP contribution in [0.25, 0.3) is 0 Å². The first-order valence-corrected chi connectivity index (χ1v) is 7.57. The SMILES string of the molecule is CCC(=O)Nc1cccc(NCc2ccc(C#N)s2)c1C. The van der Waals surface area contributed by atoms with E-state index < -0.39 is 0 Å². The molecule has 0 atom stereocenters. The van der Waals surface area contributed by atoms with Crippen LogP contribution in [0.3, 0.4) is 0 Å². The van der Waals surface area contributed by atoms with E-state index in [0.29, 0.717) is 17.8 Å². The molecule has 2 aromatic rings. The number of carbonyl (C=O) groups excluding carboxylic acids is 1. The summed E-state index contributed by atoms with van der Waals surface area (Å²) in [7, 11) is 0. The number of nitrogens with one attached hydrogen (secondary N) is 2. The van der Waals surface area contributed by atoms with Gasteiger partial charge < -0.3 is 10.6 Å². The van der Waals surface area contributed by atoms with Gasteiger partial charge in [-0.25, -0.2) is 0 Å². The first-order chi connectivity index (χ1) is 10.1. The molecule has 1 heterocycles. The smallest absolute Gasteiger partial charge is 0.224 e. The highest BCUT2D eigenvalue weighted by Crippen LogP contribution is 2.25. The molecule has 0 spiro atoms. The van der Waals surface area contributed by atoms with E-state index >= 15 is 0 Å². The van der Waals surface area contributed by atoms with Gasteiger partial charge in [0.25, 0.3) is 0 Å². The van der Waals surface area contributed by atoms with Gasteiger partial charge >= 0.3 is 0 Å². The van der Waals surface area contributed by atoms with Crippen LogP contribution >= 0.6 is 11.3 Å². The van der Waals surface area contributed by atoms with Gasteiger partial charge in [-0.05, 0) is 36.8 Å². The second-order valence-electron chi connectivity index (χ2n) is 4.61. The Morgan fingerprint density at radius 2 is 2.05 bits per heavy atom. The Bertz CT molecular complexity index is 685. The van der Waals surface area contributed by atoms with Gasteiger partial charge in [0.2, 0.25) is 5.91 Å². The van der Waals surface area contributed by atoms with E-state index in [-0.39, 0.29) is 5.91 Å². The van der Waals surface area contributed by atoms with Crippen molar-refractivity contribution < 1.29 is 4.79 Å². The summed E-state index contributed by atoms with van der Waals surface area (Å²) in [5, 5.41) is 15.1. The van der Waals surface area contributed by atoms with Crippen LogP contribution in [0, 0.1) is 18.3 Å². The fraction of sp³-hybridized carbons (Fsp3) is 0.250. The molecule has 0 saturated carbocycles. The molecule has 1 amide bonds. The molecule has 2 rings (SSSR count). The normalized spacial score (nSPS) is 9.95. The van der Waals surface area contributed by atoms with Gasteiger partial charge in [-0.15, -0.1) is 11.3 Å². The topological polar surface area (TPSA) is 64.9 Å². The molecular formula is C16H17N3OS. The van der Waals surface area contributed by atoms with E-state index in [0.717, 1.165) is 21.8 Å². The van der Waals surface area contributed by atoms with Crippen molar-refractivity contribution in [1.29, 1.82) is 5.26 Å². The van der Waals surface area contributed by atoms with Gasteiger partial charge in [0.1, 0.15) is 10.9 Å². The third kappa shape index (κ3) is 3.83. The van der Waals surface area contributed by atoms with Crippen molar-refractivity contribution in [3.05, 3.63) is 45.6 Å². The second kappa shape index (κ2) is 6.91. The summed E-state index contributed by atoms with van der Waals surface area (Å²) >= 11 is 1.48. The molecule has 0 aliphatic rings. The van der Waals surface area contributed by atoms with Crippen LogP contribution in [-0.4, -0.2) is 5.91 Å². The summed E-state index contributed by atoms with van der Waals surface area (Å²) in [5.41, 5.74) is 2.82. The highest BCUT2D eigenvalue weighted by Gasteiger charge is 2.07. The minimum absolute atomic E-state index is 0.00664. The van der Waals surface area contributed by atoms with Crippen LogP contribution < -0.4 is 10.6 Å². The molecule has 0 bridgehead atoms. The molecule has 0 unspecified atom stereocenters. The number of amides is 1. The molecule has 1 aromatic carbocycles. The third-order valence-corrected chi connectivity index (χ3v) is 4.14. The lowest BCUT2D eigenvalue weighted by atomic mass is 10.1. The number of nitrogens with zero attached hydrogens (tertiary/aromatic N) is 1. The number of hydrogen-bond donors (Lipinski definition) is 2. The zero-order valence-corrected chi connectivity index (χ0v) is 12.9. The molecule has 0 aliphatic heterocycles. The Morgan fingerprint density at radius 1 is 1.29 bits per heavy atom. The molecule has 4 nitrogen and oxygen atoms in total. The van der Waals surface area contributed by atoms with Crippen LogP contribution in [0.4, 0.5) is 11.4 Å². The average Bonchev–Trinajstić information content (AvgIpc) is 2.96. The number of rotatable bonds is 5. The Kier molecular flexibility index (Phi) is 4.96. The van der Waals surface area contributed by atoms with Crippen molar-refractivity contribution in [2.24, 2.45) is 0 Å². The maximum absolute atomic E-state index is 11.5. The first kappa shape index (κ1) is 15.1. The fourth-order valence-corrected chi connectivity index (χ4v) is 2.66. The van der Waals surface area contributed by atoms with Gasteiger partial charge in [-0.1, -0.05) is 13.0 Å². The van der Waals surface area contributed by atoms with E-state index in [4.69, 9.17) is 5.26 Å². The predicted molar refractivity (Wildman–Crippen MR) is 86.5 cm³/mol. The average molecular weight is 299 g/mol. The Labute approximate surface area is 128 Å². The number of anilines is 2. The molecule has 5 heteroatoms. The van der Waals surface area contributed by atoms with Crippen LogP contribution in [0.5, 0.6) is 0 Å². The van der Waals surface area contributed by atoms with E-state index in [1.807, 2.05) is 44.2 Å². The lowest BCUT2D eigenvalue weighted by molar-refractivity contribution is -0.115. The Morgan fingerprint density at radius 3 is 2.71 bits per heavy atom. The van der Waals surface area contributed by atoms with Crippen molar-refractivity contribution in [3.8, 4) is 6.07 Å². The maximum Gasteiger partial charge on any atom is 0.224 e. The van der Waals surface area contributed by atoms with Crippen LogP contribution in [0.15, 0.2) is 30.3 Å². The van der Waals surface area contributed by atoms with Crippen LogP contribution in [0.2, 0.25) is 0 Å². The lowest BCUT2D eigenvalue weighted by Crippen LogP contribution is -2.11. The summed E-state index contributed by atoms with van der Waals surface area (Å²) in [6, 6.07) is 11.7. The first-order valence-electron chi connectivity index (χ1n) is 6.76. The molecule has 2 N–H and O–H groups in total. The van der Waals surface area contributed by atoms with E-state index in [2.05, 4.69) is 16.7 Å². The summed E-state index contributed by atoms with van der Waals surface area (Å²) in [6.45, 7) is 4.47. The van der Waals surface area contributed by atoms with Crippen molar-refractivity contribution in [1.82, 2.24) is 0 Å². The summed E-state index contributed by atoms with van der Waals surface area (Å²) in [6.07, 6.45) is 0.462. The molecule has 108 valence electrons. The maximum atomic E-state index is 11.5. The largest absolute Gasteiger partial charge is 0.380 e. The highest BCUT2D eigenvalue weighted by atomic mass is 32.1. The molecule has 0 radical (unpaired) electrons. The zero-order chi connectivity index (χ0) is 15.2. The monoisotopic (exact) mass is 299 g/mol. The number of carbonyl (C=O) groups is 1. The minimum atomic E-state index is 0.00664. The number of nitriles is 1.